The van der Waals surface area contributed by atoms with E-state index in [0.29, 0.717) is 12.1 Å². The highest BCUT2D eigenvalue weighted by Gasteiger charge is 2.20. The Hall–Kier alpha value is -2.98. The third-order valence-corrected chi connectivity index (χ3v) is 7.03. The van der Waals surface area contributed by atoms with Gasteiger partial charge in [0.05, 0.1) is 19.8 Å². The summed E-state index contributed by atoms with van der Waals surface area (Å²) in [7, 11) is 0. The Kier molecular flexibility index (Phi) is 23.6. The van der Waals surface area contributed by atoms with Gasteiger partial charge < -0.3 is 30.5 Å². The zero-order valence-electron chi connectivity index (χ0n) is 26.2. The van der Waals surface area contributed by atoms with Crippen molar-refractivity contribution in [2.45, 2.75) is 116 Å². The summed E-state index contributed by atoms with van der Waals surface area (Å²) in [4.78, 5) is 47.6. The van der Waals surface area contributed by atoms with Gasteiger partial charge in [-0.25, -0.2) is 4.79 Å². The Balaban J connectivity index is 1.99. The van der Waals surface area contributed by atoms with E-state index in [-0.39, 0.29) is 63.5 Å². The second-order valence-electron chi connectivity index (χ2n) is 10.9. The summed E-state index contributed by atoms with van der Waals surface area (Å²) in [5.74, 6) is -2.00. The first-order valence-corrected chi connectivity index (χ1v) is 16.2. The van der Waals surface area contributed by atoms with Crippen LogP contribution >= 0.6 is 0 Å². The minimum Gasteiger partial charge on any atom is -0.480 e. The second-order valence-corrected chi connectivity index (χ2v) is 10.9. The summed E-state index contributed by atoms with van der Waals surface area (Å²) in [6, 6.07) is 8.00. The lowest BCUT2D eigenvalue weighted by atomic mass is 10.0. The average molecular weight is 606 g/mol. The van der Waals surface area contributed by atoms with E-state index in [0.717, 1.165) is 19.3 Å². The second kappa shape index (κ2) is 26.6. The molecule has 0 fully saturated rings. The molecule has 3 amide bonds. The van der Waals surface area contributed by atoms with E-state index in [4.69, 9.17) is 9.47 Å². The molecule has 1 aromatic carbocycles. The summed E-state index contributed by atoms with van der Waals surface area (Å²) < 4.78 is 10.6. The maximum absolute atomic E-state index is 12.2. The summed E-state index contributed by atoms with van der Waals surface area (Å²) >= 11 is 0. The van der Waals surface area contributed by atoms with Crippen LogP contribution in [0.4, 0.5) is 5.69 Å². The third kappa shape index (κ3) is 23.2. The highest BCUT2D eigenvalue weighted by molar-refractivity contribution is 5.91. The number of amides is 3. The number of carboxylic acids is 1. The minimum absolute atomic E-state index is 0.0182. The van der Waals surface area contributed by atoms with E-state index in [1.165, 1.54) is 64.2 Å². The highest BCUT2D eigenvalue weighted by atomic mass is 16.5. The molecule has 1 aromatic rings. The molecule has 0 aliphatic heterocycles. The molecule has 10 heteroatoms. The van der Waals surface area contributed by atoms with Gasteiger partial charge in [-0.15, -0.1) is 0 Å². The number of rotatable bonds is 28. The molecule has 1 rings (SSSR count). The van der Waals surface area contributed by atoms with Crippen LogP contribution in [0.15, 0.2) is 30.3 Å². The summed E-state index contributed by atoms with van der Waals surface area (Å²) in [5.41, 5.74) is 0.699. The largest absolute Gasteiger partial charge is 0.480 e. The van der Waals surface area contributed by atoms with Crippen LogP contribution in [0.25, 0.3) is 0 Å². The maximum atomic E-state index is 12.2. The van der Waals surface area contributed by atoms with Crippen molar-refractivity contribution in [2.24, 2.45) is 0 Å². The van der Waals surface area contributed by atoms with Gasteiger partial charge >= 0.3 is 5.97 Å². The molecule has 0 saturated carbocycles. The number of unbranched alkanes of at least 4 members (excludes halogenated alkanes) is 12. The Morgan fingerprint density at radius 2 is 1.28 bits per heavy atom. The molecule has 0 spiro atoms. The molecule has 43 heavy (non-hydrogen) atoms. The molecule has 0 bridgehead atoms. The van der Waals surface area contributed by atoms with Gasteiger partial charge in [0.25, 0.3) is 0 Å². The molecular weight excluding hydrogens is 550 g/mol. The zero-order chi connectivity index (χ0) is 31.4. The van der Waals surface area contributed by atoms with Crippen molar-refractivity contribution >= 4 is 29.4 Å². The fraction of sp³-hybridized carbons (Fsp3) is 0.697. The maximum Gasteiger partial charge on any atom is 0.326 e. The quantitative estimate of drug-likeness (QED) is 0.0910. The number of hydrogen-bond donors (Lipinski definition) is 4. The molecule has 244 valence electrons. The van der Waals surface area contributed by atoms with Gasteiger partial charge in [0.2, 0.25) is 17.7 Å². The molecule has 0 radical (unpaired) electrons. The van der Waals surface area contributed by atoms with E-state index in [2.05, 4.69) is 22.9 Å². The number of ether oxygens (including phenoxy) is 2. The van der Waals surface area contributed by atoms with Crippen molar-refractivity contribution in [1.82, 2.24) is 10.6 Å². The van der Waals surface area contributed by atoms with E-state index < -0.39 is 12.0 Å². The number of hydrogen-bond acceptors (Lipinski definition) is 6. The number of carbonyl (C=O) groups is 4. The Bertz CT molecular complexity index is 883. The van der Waals surface area contributed by atoms with Crippen LogP contribution in [0.3, 0.4) is 0 Å². The lowest BCUT2D eigenvalue weighted by Crippen LogP contribution is -2.41. The Morgan fingerprint density at radius 3 is 1.88 bits per heavy atom. The molecule has 0 aliphatic rings. The van der Waals surface area contributed by atoms with E-state index >= 15 is 0 Å². The normalized spacial score (nSPS) is 11.6. The van der Waals surface area contributed by atoms with Crippen molar-refractivity contribution in [3.05, 3.63) is 30.3 Å². The molecule has 0 aliphatic carbocycles. The molecule has 4 N–H and O–H groups in total. The van der Waals surface area contributed by atoms with Gasteiger partial charge in [-0.05, 0) is 25.0 Å². The standard InChI is InChI=1S/C33H55N3O7/c1-2-3-4-5-6-7-8-9-10-11-12-13-17-20-31(38)36-29(33(40)41)21-22-30(37)34-23-24-42-25-26-43-27-32(39)35-28-18-15-14-16-19-28/h14-16,18-19,29H,2-13,17,20-27H2,1H3,(H,34,37)(H,35,39)(H,36,38)(H,40,41). The fourth-order valence-corrected chi connectivity index (χ4v) is 4.56. The van der Waals surface area contributed by atoms with Gasteiger partial charge in [-0.1, -0.05) is 102 Å². The number of benzene rings is 1. The van der Waals surface area contributed by atoms with Crippen molar-refractivity contribution in [3.8, 4) is 0 Å². The van der Waals surface area contributed by atoms with Gasteiger partial charge in [0.1, 0.15) is 12.6 Å². The molecule has 0 aromatic heterocycles. The summed E-state index contributed by atoms with van der Waals surface area (Å²) in [5, 5.41) is 17.4. The number of nitrogens with one attached hydrogen (secondary N) is 3. The Labute approximate surface area is 258 Å². The van der Waals surface area contributed by atoms with Crippen LogP contribution < -0.4 is 16.0 Å². The Morgan fingerprint density at radius 1 is 0.698 bits per heavy atom. The van der Waals surface area contributed by atoms with Crippen molar-refractivity contribution < 1.29 is 33.8 Å². The van der Waals surface area contributed by atoms with Crippen LogP contribution in [0, 0.1) is 0 Å². The van der Waals surface area contributed by atoms with Crippen molar-refractivity contribution in [3.63, 3.8) is 0 Å². The molecular formula is C33H55N3O7. The molecule has 10 nitrogen and oxygen atoms in total. The van der Waals surface area contributed by atoms with Crippen LogP contribution in [0.1, 0.15) is 110 Å². The predicted octanol–water partition coefficient (Wildman–Crippen LogP) is 5.61. The first kappa shape index (κ1) is 38.0. The van der Waals surface area contributed by atoms with E-state index in [1.807, 2.05) is 18.2 Å². The van der Waals surface area contributed by atoms with Gasteiger partial charge in [0.15, 0.2) is 0 Å². The molecule has 0 heterocycles. The van der Waals surface area contributed by atoms with Crippen LogP contribution in [0.2, 0.25) is 0 Å². The van der Waals surface area contributed by atoms with Gasteiger partial charge in [-0.3, -0.25) is 14.4 Å². The molecule has 0 saturated heterocycles. The number of carbonyl (C=O) groups excluding carboxylic acids is 3. The minimum atomic E-state index is -1.15. The van der Waals surface area contributed by atoms with Gasteiger partial charge in [-0.2, -0.15) is 0 Å². The van der Waals surface area contributed by atoms with Crippen LogP contribution in [-0.2, 0) is 28.7 Å². The lowest BCUT2D eigenvalue weighted by Gasteiger charge is -2.14. The van der Waals surface area contributed by atoms with Crippen LogP contribution in [-0.4, -0.2) is 67.8 Å². The van der Waals surface area contributed by atoms with Crippen molar-refractivity contribution in [1.29, 1.82) is 0 Å². The topological polar surface area (TPSA) is 143 Å². The summed E-state index contributed by atoms with van der Waals surface area (Å²) in [6.07, 6.45) is 16.1. The van der Waals surface area contributed by atoms with Crippen molar-refractivity contribution in [2.75, 3.05) is 38.3 Å². The SMILES string of the molecule is CCCCCCCCCCCCCCCC(=O)NC(CCC(=O)NCCOCCOCC(=O)Nc1ccccc1)C(=O)O. The average Bonchev–Trinajstić information content (AvgIpc) is 2.99. The zero-order valence-corrected chi connectivity index (χ0v) is 26.2. The third-order valence-electron chi connectivity index (χ3n) is 7.03. The number of aliphatic carboxylic acids is 1. The van der Waals surface area contributed by atoms with Crippen LogP contribution in [0.5, 0.6) is 0 Å². The first-order valence-electron chi connectivity index (χ1n) is 16.2. The predicted molar refractivity (Wildman–Crippen MR) is 169 cm³/mol. The fourth-order valence-electron chi connectivity index (χ4n) is 4.56. The first-order chi connectivity index (χ1) is 20.9. The highest BCUT2D eigenvalue weighted by Crippen LogP contribution is 2.13. The van der Waals surface area contributed by atoms with E-state index in [1.54, 1.807) is 12.1 Å². The molecule has 1 atom stereocenters. The van der Waals surface area contributed by atoms with E-state index in [9.17, 15) is 24.3 Å². The number of para-hydroxylation sites is 1. The molecule has 1 unspecified atom stereocenters. The van der Waals surface area contributed by atoms with Gasteiger partial charge in [0, 0.05) is 25.1 Å². The summed E-state index contributed by atoms with van der Waals surface area (Å²) in [6.45, 7) is 3.16. The number of anilines is 1. The smallest absolute Gasteiger partial charge is 0.326 e. The number of carboxylic acid groups (broad SMARTS) is 1. The lowest BCUT2D eigenvalue weighted by molar-refractivity contribution is -0.142. The monoisotopic (exact) mass is 605 g/mol.